The molecule has 0 saturated carbocycles. The summed E-state index contributed by atoms with van der Waals surface area (Å²) in [6.07, 6.45) is 1.80. The van der Waals surface area contributed by atoms with Crippen molar-refractivity contribution in [2.24, 2.45) is 5.92 Å². The summed E-state index contributed by atoms with van der Waals surface area (Å²) in [6, 6.07) is 0. The number of rotatable bonds is 4. The molecule has 5 heteroatoms. The minimum Gasteiger partial charge on any atom is -0.377 e. The molecule has 0 bridgehead atoms. The fourth-order valence-electron chi connectivity index (χ4n) is 2.67. The monoisotopic (exact) mass is 242 g/mol. The van der Waals surface area contributed by atoms with Crippen LogP contribution in [0.4, 0.5) is 0 Å². The molecule has 0 aromatic carbocycles. The molecule has 0 aliphatic carbocycles. The number of ether oxygens (including phenoxy) is 2. The smallest absolute Gasteiger partial charge is 0.223 e. The molecule has 2 heterocycles. The SMILES string of the molecule is COC1CN(C(=O)CC2CCNC2)CC1OC. The first-order valence-electron chi connectivity index (χ1n) is 6.28. The lowest BCUT2D eigenvalue weighted by molar-refractivity contribution is -0.131. The standard InChI is InChI=1S/C12H22N2O3/c1-16-10-7-14(8-11(10)17-2)12(15)5-9-3-4-13-6-9/h9-11,13H,3-8H2,1-2H3. The van der Waals surface area contributed by atoms with Crippen molar-refractivity contribution in [3.8, 4) is 0 Å². The second kappa shape index (κ2) is 5.80. The van der Waals surface area contributed by atoms with Crippen molar-refractivity contribution in [2.75, 3.05) is 40.4 Å². The van der Waals surface area contributed by atoms with Crippen molar-refractivity contribution in [1.29, 1.82) is 0 Å². The zero-order valence-corrected chi connectivity index (χ0v) is 10.6. The Balaban J connectivity index is 1.83. The average molecular weight is 242 g/mol. The number of methoxy groups -OCH3 is 2. The van der Waals surface area contributed by atoms with Crippen LogP contribution in [0.3, 0.4) is 0 Å². The highest BCUT2D eigenvalue weighted by Gasteiger charge is 2.36. The van der Waals surface area contributed by atoms with Gasteiger partial charge in [-0.2, -0.15) is 0 Å². The number of nitrogens with one attached hydrogen (secondary N) is 1. The number of amides is 1. The first kappa shape index (κ1) is 12.8. The van der Waals surface area contributed by atoms with Gasteiger partial charge in [-0.25, -0.2) is 0 Å². The third kappa shape index (κ3) is 2.97. The van der Waals surface area contributed by atoms with Crippen LogP contribution in [-0.2, 0) is 14.3 Å². The molecule has 2 rings (SSSR count). The van der Waals surface area contributed by atoms with E-state index in [2.05, 4.69) is 5.32 Å². The Hall–Kier alpha value is -0.650. The molecule has 17 heavy (non-hydrogen) atoms. The van der Waals surface area contributed by atoms with Gasteiger partial charge in [0, 0.05) is 33.7 Å². The van der Waals surface area contributed by atoms with Gasteiger partial charge in [0.1, 0.15) is 12.2 Å². The van der Waals surface area contributed by atoms with Crippen LogP contribution in [0, 0.1) is 5.92 Å². The summed E-state index contributed by atoms with van der Waals surface area (Å²) in [5.41, 5.74) is 0. The molecule has 1 amide bonds. The Bertz CT molecular complexity index is 254. The number of carbonyl (C=O) groups excluding carboxylic acids is 1. The van der Waals surface area contributed by atoms with E-state index in [9.17, 15) is 4.79 Å². The molecule has 5 nitrogen and oxygen atoms in total. The molecule has 2 aliphatic heterocycles. The lowest BCUT2D eigenvalue weighted by Crippen LogP contribution is -2.31. The molecule has 2 saturated heterocycles. The number of likely N-dealkylation sites (tertiary alicyclic amines) is 1. The van der Waals surface area contributed by atoms with Crippen molar-refractivity contribution in [2.45, 2.75) is 25.0 Å². The molecule has 0 radical (unpaired) electrons. The van der Waals surface area contributed by atoms with Crippen molar-refractivity contribution in [1.82, 2.24) is 10.2 Å². The molecule has 3 unspecified atom stereocenters. The second-order valence-corrected chi connectivity index (χ2v) is 4.91. The van der Waals surface area contributed by atoms with Gasteiger partial charge in [-0.1, -0.05) is 0 Å². The van der Waals surface area contributed by atoms with Gasteiger partial charge >= 0.3 is 0 Å². The summed E-state index contributed by atoms with van der Waals surface area (Å²) in [5.74, 6) is 0.741. The Kier molecular flexibility index (Phi) is 4.36. The van der Waals surface area contributed by atoms with Crippen LogP contribution in [0.5, 0.6) is 0 Å². The molecular weight excluding hydrogens is 220 g/mol. The fraction of sp³-hybridized carbons (Fsp3) is 0.917. The van der Waals surface area contributed by atoms with E-state index in [1.807, 2.05) is 4.90 Å². The van der Waals surface area contributed by atoms with Crippen molar-refractivity contribution in [3.05, 3.63) is 0 Å². The van der Waals surface area contributed by atoms with E-state index in [1.54, 1.807) is 14.2 Å². The fourth-order valence-corrected chi connectivity index (χ4v) is 2.67. The van der Waals surface area contributed by atoms with E-state index in [0.29, 0.717) is 25.4 Å². The Morgan fingerprint density at radius 2 is 1.94 bits per heavy atom. The predicted molar refractivity (Wildman–Crippen MR) is 63.8 cm³/mol. The van der Waals surface area contributed by atoms with Gasteiger partial charge in [-0.15, -0.1) is 0 Å². The maximum atomic E-state index is 12.1. The van der Waals surface area contributed by atoms with Crippen LogP contribution >= 0.6 is 0 Å². The van der Waals surface area contributed by atoms with Crippen LogP contribution in [-0.4, -0.2) is 63.4 Å². The molecule has 98 valence electrons. The minimum atomic E-state index is 0.0191. The third-order valence-corrected chi connectivity index (χ3v) is 3.80. The van der Waals surface area contributed by atoms with E-state index < -0.39 is 0 Å². The molecular formula is C12H22N2O3. The van der Waals surface area contributed by atoms with Crippen molar-refractivity contribution in [3.63, 3.8) is 0 Å². The third-order valence-electron chi connectivity index (χ3n) is 3.80. The van der Waals surface area contributed by atoms with Crippen molar-refractivity contribution < 1.29 is 14.3 Å². The normalized spacial score (nSPS) is 33.3. The predicted octanol–water partition coefficient (Wildman–Crippen LogP) is -0.142. The van der Waals surface area contributed by atoms with Crippen LogP contribution in [0.1, 0.15) is 12.8 Å². The number of carbonyl (C=O) groups is 1. The zero-order valence-electron chi connectivity index (χ0n) is 10.6. The van der Waals surface area contributed by atoms with Gasteiger partial charge in [0.15, 0.2) is 0 Å². The van der Waals surface area contributed by atoms with E-state index in [1.165, 1.54) is 0 Å². The van der Waals surface area contributed by atoms with Crippen LogP contribution in [0.25, 0.3) is 0 Å². The van der Waals surface area contributed by atoms with E-state index in [4.69, 9.17) is 9.47 Å². The van der Waals surface area contributed by atoms with Crippen LogP contribution in [0.2, 0.25) is 0 Å². The van der Waals surface area contributed by atoms with E-state index in [-0.39, 0.29) is 18.1 Å². The summed E-state index contributed by atoms with van der Waals surface area (Å²) in [4.78, 5) is 14.0. The Morgan fingerprint density at radius 1 is 1.29 bits per heavy atom. The number of hydrogen-bond donors (Lipinski definition) is 1. The average Bonchev–Trinajstić information content (AvgIpc) is 2.96. The highest BCUT2D eigenvalue weighted by atomic mass is 16.5. The quantitative estimate of drug-likeness (QED) is 0.745. The van der Waals surface area contributed by atoms with E-state index >= 15 is 0 Å². The van der Waals surface area contributed by atoms with Gasteiger partial charge in [0.05, 0.1) is 0 Å². The van der Waals surface area contributed by atoms with Gasteiger partial charge in [-0.3, -0.25) is 4.79 Å². The first-order chi connectivity index (χ1) is 8.24. The summed E-state index contributed by atoms with van der Waals surface area (Å²) >= 11 is 0. The molecule has 1 N–H and O–H groups in total. The van der Waals surface area contributed by atoms with Gasteiger partial charge < -0.3 is 19.7 Å². The summed E-state index contributed by atoms with van der Waals surface area (Å²) in [5, 5.41) is 3.29. The maximum Gasteiger partial charge on any atom is 0.223 e. The topological polar surface area (TPSA) is 50.8 Å². The van der Waals surface area contributed by atoms with Gasteiger partial charge in [0.25, 0.3) is 0 Å². The summed E-state index contributed by atoms with van der Waals surface area (Å²) in [7, 11) is 3.34. The van der Waals surface area contributed by atoms with Crippen molar-refractivity contribution >= 4 is 5.91 Å². The molecule has 2 fully saturated rings. The largest absolute Gasteiger partial charge is 0.377 e. The second-order valence-electron chi connectivity index (χ2n) is 4.91. The molecule has 0 aromatic heterocycles. The Morgan fingerprint density at radius 3 is 2.41 bits per heavy atom. The molecule has 0 spiro atoms. The first-order valence-corrected chi connectivity index (χ1v) is 6.28. The summed E-state index contributed by atoms with van der Waals surface area (Å²) in [6.45, 7) is 3.34. The lowest BCUT2D eigenvalue weighted by Gasteiger charge is -2.17. The maximum absolute atomic E-state index is 12.1. The van der Waals surface area contributed by atoms with Crippen LogP contribution in [0.15, 0.2) is 0 Å². The number of hydrogen-bond acceptors (Lipinski definition) is 4. The zero-order chi connectivity index (χ0) is 12.3. The van der Waals surface area contributed by atoms with Gasteiger partial charge in [-0.05, 0) is 25.4 Å². The minimum absolute atomic E-state index is 0.0191. The molecule has 2 aliphatic rings. The van der Waals surface area contributed by atoms with E-state index in [0.717, 1.165) is 19.5 Å². The highest BCUT2D eigenvalue weighted by molar-refractivity contribution is 5.77. The number of nitrogens with zero attached hydrogens (tertiary/aromatic N) is 1. The highest BCUT2D eigenvalue weighted by Crippen LogP contribution is 2.20. The molecule has 3 atom stereocenters. The summed E-state index contributed by atoms with van der Waals surface area (Å²) < 4.78 is 10.7. The Labute approximate surface area is 102 Å². The lowest BCUT2D eigenvalue weighted by atomic mass is 10.0. The molecule has 0 aromatic rings. The van der Waals surface area contributed by atoms with Gasteiger partial charge in [0.2, 0.25) is 5.91 Å². The van der Waals surface area contributed by atoms with Crippen LogP contribution < -0.4 is 5.32 Å².